The largest absolute Gasteiger partial charge is 0.477 e. The lowest BCUT2D eigenvalue weighted by molar-refractivity contribution is 0.0698. The maximum atomic E-state index is 11.8. The summed E-state index contributed by atoms with van der Waals surface area (Å²) in [6, 6.07) is 8.87. The molecule has 7 nitrogen and oxygen atoms in total. The first kappa shape index (κ1) is 16.8. The number of anilines is 1. The molecule has 0 radical (unpaired) electrons. The molecule has 0 saturated heterocycles. The first-order valence-electron chi connectivity index (χ1n) is 8.01. The lowest BCUT2D eigenvalue weighted by Gasteiger charge is -2.21. The standard InChI is InChI=1S/C18H20N4O3/c1-11(2)14(17-19-9-10-22(17)3)20-16-13(18(23)24)15(25-21-16)12-7-5-4-6-8-12/h4-11,14H,1-3H3,(H,20,21)(H,23,24). The van der Waals surface area contributed by atoms with Crippen molar-refractivity contribution in [2.45, 2.75) is 19.9 Å². The number of benzene rings is 1. The molecule has 7 heteroatoms. The minimum absolute atomic E-state index is 0.0195. The first-order chi connectivity index (χ1) is 12.0. The highest BCUT2D eigenvalue weighted by Crippen LogP contribution is 2.32. The molecule has 0 aliphatic rings. The maximum Gasteiger partial charge on any atom is 0.343 e. The second-order valence-electron chi connectivity index (χ2n) is 6.17. The van der Waals surface area contributed by atoms with E-state index in [2.05, 4.69) is 15.5 Å². The van der Waals surface area contributed by atoms with Crippen LogP contribution in [-0.2, 0) is 7.05 Å². The van der Waals surface area contributed by atoms with Crippen LogP contribution in [0.3, 0.4) is 0 Å². The van der Waals surface area contributed by atoms with Crippen molar-refractivity contribution >= 4 is 11.8 Å². The minimum atomic E-state index is -1.09. The van der Waals surface area contributed by atoms with Gasteiger partial charge in [0.15, 0.2) is 17.1 Å². The van der Waals surface area contributed by atoms with Gasteiger partial charge in [0.1, 0.15) is 5.82 Å². The fourth-order valence-corrected chi connectivity index (χ4v) is 2.73. The van der Waals surface area contributed by atoms with Crippen LogP contribution < -0.4 is 5.32 Å². The Morgan fingerprint density at radius 2 is 2.00 bits per heavy atom. The van der Waals surface area contributed by atoms with Gasteiger partial charge in [-0.1, -0.05) is 49.3 Å². The number of hydrogen-bond donors (Lipinski definition) is 2. The van der Waals surface area contributed by atoms with Crippen molar-refractivity contribution in [2.75, 3.05) is 5.32 Å². The molecule has 0 amide bonds. The van der Waals surface area contributed by atoms with Gasteiger partial charge >= 0.3 is 5.97 Å². The number of nitrogens with one attached hydrogen (secondary N) is 1. The van der Waals surface area contributed by atoms with Crippen LogP contribution in [0.1, 0.15) is 36.1 Å². The van der Waals surface area contributed by atoms with E-state index in [9.17, 15) is 9.90 Å². The topological polar surface area (TPSA) is 93.2 Å². The summed E-state index contributed by atoms with van der Waals surface area (Å²) in [6.07, 6.45) is 3.56. The van der Waals surface area contributed by atoms with Crippen LogP contribution in [0.15, 0.2) is 47.2 Å². The summed E-state index contributed by atoms with van der Waals surface area (Å²) in [5.41, 5.74) is 0.685. The zero-order valence-corrected chi connectivity index (χ0v) is 14.3. The van der Waals surface area contributed by atoms with E-state index in [1.54, 1.807) is 18.3 Å². The Bertz CT molecular complexity index is 868. The molecular formula is C18H20N4O3. The van der Waals surface area contributed by atoms with Gasteiger partial charge in [0.05, 0.1) is 6.04 Å². The molecule has 0 spiro atoms. The predicted molar refractivity (Wildman–Crippen MR) is 93.3 cm³/mol. The molecule has 2 heterocycles. The molecule has 0 fully saturated rings. The molecule has 2 aromatic heterocycles. The lowest BCUT2D eigenvalue weighted by Crippen LogP contribution is -2.21. The van der Waals surface area contributed by atoms with Gasteiger partial charge in [-0.25, -0.2) is 9.78 Å². The van der Waals surface area contributed by atoms with Crippen molar-refractivity contribution in [3.05, 3.63) is 54.1 Å². The molecule has 3 rings (SSSR count). The summed E-state index contributed by atoms with van der Waals surface area (Å²) in [4.78, 5) is 16.2. The third-order valence-electron chi connectivity index (χ3n) is 4.04. The van der Waals surface area contributed by atoms with Crippen LogP contribution in [0.25, 0.3) is 11.3 Å². The zero-order valence-electron chi connectivity index (χ0n) is 14.3. The highest BCUT2D eigenvalue weighted by Gasteiger charge is 2.28. The van der Waals surface area contributed by atoms with Crippen molar-refractivity contribution in [2.24, 2.45) is 13.0 Å². The second-order valence-corrected chi connectivity index (χ2v) is 6.17. The Hall–Kier alpha value is -3.09. The van der Waals surface area contributed by atoms with Gasteiger partial charge < -0.3 is 19.5 Å². The highest BCUT2D eigenvalue weighted by molar-refractivity contribution is 5.99. The molecule has 0 aliphatic heterocycles. The molecule has 0 saturated carbocycles. The predicted octanol–water partition coefficient (Wildman–Crippen LogP) is 3.58. The number of aromatic carboxylic acids is 1. The van der Waals surface area contributed by atoms with E-state index >= 15 is 0 Å². The van der Waals surface area contributed by atoms with Crippen molar-refractivity contribution in [3.63, 3.8) is 0 Å². The van der Waals surface area contributed by atoms with Crippen LogP contribution in [0.2, 0.25) is 0 Å². The molecule has 0 aliphatic carbocycles. The summed E-state index contributed by atoms with van der Waals surface area (Å²) >= 11 is 0. The van der Waals surface area contributed by atoms with Crippen LogP contribution in [0.4, 0.5) is 5.82 Å². The Morgan fingerprint density at radius 3 is 2.56 bits per heavy atom. The summed E-state index contributed by atoms with van der Waals surface area (Å²) in [5, 5.41) is 16.8. The quantitative estimate of drug-likeness (QED) is 0.712. The number of imidazole rings is 1. The number of aryl methyl sites for hydroxylation is 1. The number of carbonyl (C=O) groups is 1. The maximum absolute atomic E-state index is 11.8. The fourth-order valence-electron chi connectivity index (χ4n) is 2.73. The van der Waals surface area contributed by atoms with Gasteiger partial charge in [-0.3, -0.25) is 0 Å². The number of carboxylic acid groups (broad SMARTS) is 1. The monoisotopic (exact) mass is 340 g/mol. The smallest absolute Gasteiger partial charge is 0.343 e. The van der Waals surface area contributed by atoms with Gasteiger partial charge in [-0.2, -0.15) is 0 Å². The Labute approximate surface area is 145 Å². The van der Waals surface area contributed by atoms with E-state index in [0.29, 0.717) is 5.56 Å². The molecule has 1 atom stereocenters. The Balaban J connectivity index is 2.01. The summed E-state index contributed by atoms with van der Waals surface area (Å²) in [5.74, 6) is 0.311. The molecule has 1 unspecified atom stereocenters. The second kappa shape index (κ2) is 6.80. The lowest BCUT2D eigenvalue weighted by atomic mass is 10.0. The van der Waals surface area contributed by atoms with Crippen molar-refractivity contribution in [1.82, 2.24) is 14.7 Å². The molecule has 2 N–H and O–H groups in total. The fraction of sp³-hybridized carbons (Fsp3) is 0.278. The number of carboxylic acids is 1. The Morgan fingerprint density at radius 1 is 1.28 bits per heavy atom. The van der Waals surface area contributed by atoms with Gasteiger partial charge in [0.25, 0.3) is 0 Å². The summed E-state index contributed by atoms with van der Waals surface area (Å²) in [6.45, 7) is 4.07. The molecule has 1 aromatic carbocycles. The van der Waals surface area contributed by atoms with E-state index in [0.717, 1.165) is 5.82 Å². The summed E-state index contributed by atoms with van der Waals surface area (Å²) < 4.78 is 7.25. The van der Waals surface area contributed by atoms with Gasteiger partial charge in [0.2, 0.25) is 0 Å². The highest BCUT2D eigenvalue weighted by atomic mass is 16.5. The van der Waals surface area contributed by atoms with Crippen molar-refractivity contribution in [1.29, 1.82) is 0 Å². The number of hydrogen-bond acceptors (Lipinski definition) is 5. The van der Waals surface area contributed by atoms with E-state index in [1.807, 2.05) is 49.9 Å². The Kier molecular flexibility index (Phi) is 4.56. The average molecular weight is 340 g/mol. The zero-order chi connectivity index (χ0) is 18.0. The molecular weight excluding hydrogens is 320 g/mol. The first-order valence-corrected chi connectivity index (χ1v) is 8.01. The van der Waals surface area contributed by atoms with Gasteiger partial charge in [0, 0.05) is 25.0 Å². The van der Waals surface area contributed by atoms with E-state index in [-0.39, 0.29) is 29.1 Å². The molecule has 0 bridgehead atoms. The molecule has 130 valence electrons. The normalized spacial score (nSPS) is 12.3. The van der Waals surface area contributed by atoms with Gasteiger partial charge in [-0.05, 0) is 5.92 Å². The van der Waals surface area contributed by atoms with E-state index in [1.165, 1.54) is 0 Å². The van der Waals surface area contributed by atoms with Gasteiger partial charge in [-0.15, -0.1) is 0 Å². The van der Waals surface area contributed by atoms with E-state index < -0.39 is 5.97 Å². The number of nitrogens with zero attached hydrogens (tertiary/aromatic N) is 3. The van der Waals surface area contributed by atoms with Crippen molar-refractivity contribution < 1.29 is 14.4 Å². The third-order valence-corrected chi connectivity index (χ3v) is 4.04. The van der Waals surface area contributed by atoms with Crippen molar-refractivity contribution in [3.8, 4) is 11.3 Å². The van der Waals surface area contributed by atoms with Crippen LogP contribution >= 0.6 is 0 Å². The molecule has 3 aromatic rings. The molecule has 25 heavy (non-hydrogen) atoms. The average Bonchev–Trinajstić information content (AvgIpc) is 3.19. The SMILES string of the molecule is CC(C)C(Nc1noc(-c2ccccc2)c1C(=O)O)c1nccn1C. The van der Waals surface area contributed by atoms with Crippen LogP contribution in [0, 0.1) is 5.92 Å². The van der Waals surface area contributed by atoms with E-state index in [4.69, 9.17) is 4.52 Å². The third kappa shape index (κ3) is 3.26. The number of rotatable bonds is 6. The van der Waals surface area contributed by atoms with Crippen LogP contribution in [-0.4, -0.2) is 25.8 Å². The number of aromatic nitrogens is 3. The summed E-state index contributed by atoms with van der Waals surface area (Å²) in [7, 11) is 1.90. The van der Waals surface area contributed by atoms with Crippen LogP contribution in [0.5, 0.6) is 0 Å². The minimum Gasteiger partial charge on any atom is -0.477 e.